The van der Waals surface area contributed by atoms with E-state index < -0.39 is 0 Å². The van der Waals surface area contributed by atoms with Gasteiger partial charge in [-0.2, -0.15) is 4.98 Å². The smallest absolute Gasteiger partial charge is 0.259 e. The zero-order chi connectivity index (χ0) is 19.5. The second-order valence-corrected chi connectivity index (χ2v) is 6.62. The number of carbonyl (C=O) groups excluding carboxylic acids is 1. The summed E-state index contributed by atoms with van der Waals surface area (Å²) in [4.78, 5) is 16.8. The number of hydrogen-bond acceptors (Lipinski definition) is 6. The fourth-order valence-electron chi connectivity index (χ4n) is 2.87. The van der Waals surface area contributed by atoms with Crippen LogP contribution in [0.4, 0.5) is 5.69 Å². The second-order valence-electron chi connectivity index (χ2n) is 6.62. The molecule has 0 atom stereocenters. The van der Waals surface area contributed by atoms with Gasteiger partial charge in [0.25, 0.3) is 5.89 Å². The number of pyridine rings is 1. The van der Waals surface area contributed by atoms with Crippen LogP contribution < -0.4 is 5.32 Å². The van der Waals surface area contributed by atoms with Crippen LogP contribution in [0.25, 0.3) is 17.1 Å². The first-order valence-corrected chi connectivity index (χ1v) is 9.15. The highest BCUT2D eigenvalue weighted by atomic mass is 16.5. The van der Waals surface area contributed by atoms with Gasteiger partial charge in [0.05, 0.1) is 12.0 Å². The molecule has 4 rings (SSSR count). The Morgan fingerprint density at radius 3 is 2.75 bits per heavy atom. The number of nitrogens with one attached hydrogen (secondary N) is 1. The molecule has 0 aliphatic rings. The molecule has 0 unspecified atom stereocenters. The van der Waals surface area contributed by atoms with Crippen LogP contribution in [0.2, 0.25) is 0 Å². The molecule has 1 N–H and O–H groups in total. The minimum atomic E-state index is -0.161. The number of carbonyl (C=O) groups is 1. The zero-order valence-corrected chi connectivity index (χ0v) is 15.7. The van der Waals surface area contributed by atoms with E-state index in [0.29, 0.717) is 23.2 Å². The molecule has 0 aliphatic carbocycles. The van der Waals surface area contributed by atoms with Gasteiger partial charge in [-0.25, -0.2) is 0 Å². The molecule has 0 aliphatic heterocycles. The molecule has 0 fully saturated rings. The molecule has 4 aromatic rings. The van der Waals surface area contributed by atoms with Gasteiger partial charge in [0.15, 0.2) is 11.5 Å². The Hall–Kier alpha value is -3.55. The van der Waals surface area contributed by atoms with E-state index in [1.165, 1.54) is 0 Å². The van der Waals surface area contributed by atoms with E-state index >= 15 is 0 Å². The molecule has 142 valence electrons. The van der Waals surface area contributed by atoms with Crippen molar-refractivity contribution in [1.29, 1.82) is 0 Å². The Bertz CT molecular complexity index is 1110. The van der Waals surface area contributed by atoms with Crippen LogP contribution in [0.1, 0.15) is 30.6 Å². The lowest BCUT2D eigenvalue weighted by molar-refractivity contribution is -0.115. The number of hydrogen-bond donors (Lipinski definition) is 1. The molecule has 0 spiro atoms. The molecule has 0 radical (unpaired) electrons. The standard InChI is InChI=1S/C20H20N6O2/c1-3-4-16-22-20(28-25-16)14-7-10-17-23-24-18(26(17)12-14)11-19(27)21-15-8-5-13(2)6-9-15/h5-10,12H,3-4,11H2,1-2H3,(H,21,27). The normalized spacial score (nSPS) is 11.1. The van der Waals surface area contributed by atoms with Gasteiger partial charge < -0.3 is 9.84 Å². The third kappa shape index (κ3) is 3.75. The summed E-state index contributed by atoms with van der Waals surface area (Å²) in [7, 11) is 0. The van der Waals surface area contributed by atoms with Crippen LogP contribution in [0.15, 0.2) is 47.1 Å². The summed E-state index contributed by atoms with van der Waals surface area (Å²) in [5, 5.41) is 15.1. The maximum absolute atomic E-state index is 12.4. The zero-order valence-electron chi connectivity index (χ0n) is 15.7. The fraction of sp³-hybridized carbons (Fsp3) is 0.250. The highest BCUT2D eigenvalue weighted by molar-refractivity contribution is 5.91. The highest BCUT2D eigenvalue weighted by Crippen LogP contribution is 2.19. The molecule has 0 bridgehead atoms. The number of anilines is 1. The van der Waals surface area contributed by atoms with E-state index in [1.807, 2.05) is 49.5 Å². The molecule has 28 heavy (non-hydrogen) atoms. The first-order chi connectivity index (χ1) is 13.6. The van der Waals surface area contributed by atoms with Gasteiger partial charge in [-0.05, 0) is 37.6 Å². The van der Waals surface area contributed by atoms with Crippen molar-refractivity contribution in [1.82, 2.24) is 24.7 Å². The number of amides is 1. The van der Waals surface area contributed by atoms with Crippen LogP contribution in [-0.4, -0.2) is 30.6 Å². The minimum absolute atomic E-state index is 0.101. The molecule has 3 heterocycles. The summed E-state index contributed by atoms with van der Waals surface area (Å²) in [5.41, 5.74) is 3.29. The van der Waals surface area contributed by atoms with Crippen molar-refractivity contribution < 1.29 is 9.32 Å². The summed E-state index contributed by atoms with van der Waals surface area (Å²) in [6, 6.07) is 11.3. The number of aromatic nitrogens is 5. The summed E-state index contributed by atoms with van der Waals surface area (Å²) in [5.74, 6) is 1.49. The molecule has 8 nitrogen and oxygen atoms in total. The monoisotopic (exact) mass is 376 g/mol. The third-order valence-corrected chi connectivity index (χ3v) is 4.32. The Kier molecular flexibility index (Phi) is 4.84. The molecule has 1 aromatic carbocycles. The van der Waals surface area contributed by atoms with Gasteiger partial charge in [0.1, 0.15) is 5.82 Å². The van der Waals surface area contributed by atoms with Crippen molar-refractivity contribution in [3.8, 4) is 11.5 Å². The first kappa shape index (κ1) is 17.8. The van der Waals surface area contributed by atoms with E-state index in [4.69, 9.17) is 4.52 Å². The van der Waals surface area contributed by atoms with Crippen molar-refractivity contribution in [2.24, 2.45) is 0 Å². The Morgan fingerprint density at radius 1 is 1.14 bits per heavy atom. The number of fused-ring (bicyclic) bond motifs is 1. The van der Waals surface area contributed by atoms with Crippen molar-refractivity contribution in [3.05, 3.63) is 59.8 Å². The first-order valence-electron chi connectivity index (χ1n) is 9.15. The lowest BCUT2D eigenvalue weighted by Crippen LogP contribution is -2.16. The second kappa shape index (κ2) is 7.59. The predicted octanol–water partition coefficient (Wildman–Crippen LogP) is 3.22. The highest BCUT2D eigenvalue weighted by Gasteiger charge is 2.14. The van der Waals surface area contributed by atoms with Crippen molar-refractivity contribution in [3.63, 3.8) is 0 Å². The lowest BCUT2D eigenvalue weighted by Gasteiger charge is -2.05. The number of nitrogens with zero attached hydrogens (tertiary/aromatic N) is 5. The van der Waals surface area contributed by atoms with Gasteiger partial charge in [-0.15, -0.1) is 10.2 Å². The summed E-state index contributed by atoms with van der Waals surface area (Å²) in [6.45, 7) is 4.06. The largest absolute Gasteiger partial charge is 0.334 e. The molecule has 8 heteroatoms. The maximum atomic E-state index is 12.4. The third-order valence-electron chi connectivity index (χ3n) is 4.32. The number of aryl methyl sites for hydroxylation is 2. The van der Waals surface area contributed by atoms with Crippen molar-refractivity contribution in [2.45, 2.75) is 33.1 Å². The number of benzene rings is 1. The molecule has 1 amide bonds. The SMILES string of the molecule is CCCc1noc(-c2ccc3nnc(CC(=O)Nc4ccc(C)cc4)n3c2)n1. The lowest BCUT2D eigenvalue weighted by atomic mass is 10.2. The Morgan fingerprint density at radius 2 is 1.96 bits per heavy atom. The molecular formula is C20H20N6O2. The quantitative estimate of drug-likeness (QED) is 0.555. The van der Waals surface area contributed by atoms with Gasteiger partial charge in [0, 0.05) is 18.3 Å². The molecule has 0 saturated carbocycles. The van der Waals surface area contributed by atoms with Crippen LogP contribution in [0, 0.1) is 6.92 Å². The van der Waals surface area contributed by atoms with E-state index in [9.17, 15) is 4.79 Å². The molecule has 0 saturated heterocycles. The van der Waals surface area contributed by atoms with E-state index in [2.05, 4.69) is 32.6 Å². The Balaban J connectivity index is 1.55. The fourth-order valence-corrected chi connectivity index (χ4v) is 2.87. The van der Waals surface area contributed by atoms with Gasteiger partial charge in [-0.3, -0.25) is 9.20 Å². The van der Waals surface area contributed by atoms with E-state index in [1.54, 1.807) is 4.40 Å². The minimum Gasteiger partial charge on any atom is -0.334 e. The maximum Gasteiger partial charge on any atom is 0.259 e. The Labute approximate surface area is 161 Å². The summed E-state index contributed by atoms with van der Waals surface area (Å²) >= 11 is 0. The topological polar surface area (TPSA) is 98.2 Å². The summed E-state index contributed by atoms with van der Waals surface area (Å²) in [6.07, 6.45) is 3.63. The van der Waals surface area contributed by atoms with Crippen LogP contribution >= 0.6 is 0 Å². The van der Waals surface area contributed by atoms with E-state index in [-0.39, 0.29) is 12.3 Å². The van der Waals surface area contributed by atoms with E-state index in [0.717, 1.165) is 29.7 Å². The number of rotatable bonds is 6. The van der Waals surface area contributed by atoms with Crippen LogP contribution in [0.3, 0.4) is 0 Å². The average molecular weight is 376 g/mol. The molecular weight excluding hydrogens is 356 g/mol. The van der Waals surface area contributed by atoms with Crippen molar-refractivity contribution in [2.75, 3.05) is 5.32 Å². The molecule has 3 aromatic heterocycles. The van der Waals surface area contributed by atoms with Gasteiger partial charge >= 0.3 is 0 Å². The van der Waals surface area contributed by atoms with Gasteiger partial charge in [0.2, 0.25) is 5.91 Å². The van der Waals surface area contributed by atoms with Crippen LogP contribution in [0.5, 0.6) is 0 Å². The van der Waals surface area contributed by atoms with Crippen molar-refractivity contribution >= 4 is 17.2 Å². The van der Waals surface area contributed by atoms with Crippen LogP contribution in [-0.2, 0) is 17.6 Å². The average Bonchev–Trinajstić information content (AvgIpc) is 3.31. The van der Waals surface area contributed by atoms with Gasteiger partial charge in [-0.1, -0.05) is 29.8 Å². The summed E-state index contributed by atoms with van der Waals surface area (Å²) < 4.78 is 7.12. The predicted molar refractivity (Wildman–Crippen MR) is 104 cm³/mol.